The highest BCUT2D eigenvalue weighted by atomic mass is 16.7. The fraction of sp³-hybridized carbons (Fsp3) is 0.829. The fourth-order valence-corrected chi connectivity index (χ4v) is 12.1. The van der Waals surface area contributed by atoms with E-state index in [1.54, 1.807) is 0 Å². The van der Waals surface area contributed by atoms with E-state index in [9.17, 15) is 45.6 Å². The van der Waals surface area contributed by atoms with Crippen LogP contribution in [0.3, 0.4) is 0 Å². The summed E-state index contributed by atoms with van der Waals surface area (Å²) in [6, 6.07) is -0.832. The largest absolute Gasteiger partial charge is 0.394 e. The number of aliphatic hydroxyl groups is 8. The molecule has 2 aliphatic rings. The predicted molar refractivity (Wildman–Crippen MR) is 369 cm³/mol. The van der Waals surface area contributed by atoms with Gasteiger partial charge in [-0.15, -0.1) is 0 Å². The van der Waals surface area contributed by atoms with Gasteiger partial charge in [0.2, 0.25) is 5.91 Å². The average molecular weight is 1270 g/mol. The number of nitrogens with one attached hydrogen (secondary N) is 1. The van der Waals surface area contributed by atoms with Gasteiger partial charge in [0.1, 0.15) is 48.8 Å². The van der Waals surface area contributed by atoms with Crippen LogP contribution in [-0.4, -0.2) is 140 Å². The topological polar surface area (TPSA) is 228 Å². The summed E-state index contributed by atoms with van der Waals surface area (Å²) in [5.74, 6) is -0.204. The normalized spacial score (nSPS) is 23.3. The zero-order valence-corrected chi connectivity index (χ0v) is 57.1. The lowest BCUT2D eigenvalue weighted by Crippen LogP contribution is -2.65. The van der Waals surface area contributed by atoms with Gasteiger partial charge in [-0.1, -0.05) is 311 Å². The van der Waals surface area contributed by atoms with Crippen molar-refractivity contribution in [3.63, 3.8) is 0 Å². The molecule has 0 aliphatic carbocycles. The van der Waals surface area contributed by atoms with E-state index in [4.69, 9.17) is 18.9 Å². The maximum Gasteiger partial charge on any atom is 0.220 e. The van der Waals surface area contributed by atoms with Gasteiger partial charge >= 0.3 is 0 Å². The second-order valence-electron chi connectivity index (χ2n) is 26.0. The zero-order chi connectivity index (χ0) is 65.2. The molecule has 90 heavy (non-hydrogen) atoms. The van der Waals surface area contributed by atoms with Crippen molar-refractivity contribution in [2.45, 2.75) is 383 Å². The molecule has 14 nitrogen and oxygen atoms in total. The Morgan fingerprint density at radius 2 is 0.767 bits per heavy atom. The van der Waals surface area contributed by atoms with E-state index in [-0.39, 0.29) is 12.5 Å². The van der Waals surface area contributed by atoms with Gasteiger partial charge < -0.3 is 65.1 Å². The number of hydrogen-bond acceptors (Lipinski definition) is 13. The van der Waals surface area contributed by atoms with Crippen molar-refractivity contribution in [1.29, 1.82) is 0 Å². The lowest BCUT2D eigenvalue weighted by atomic mass is 9.97. The Kier molecular flexibility index (Phi) is 55.8. The minimum absolute atomic E-state index is 0.204. The minimum atomic E-state index is -1.78. The molecule has 0 saturated carbocycles. The van der Waals surface area contributed by atoms with Gasteiger partial charge in [-0.2, -0.15) is 0 Å². The quantitative estimate of drug-likeness (QED) is 0.0204. The molecule has 12 unspecified atom stereocenters. The molecular weight excluding hydrogens is 1130 g/mol. The Hall–Kier alpha value is -2.57. The summed E-state index contributed by atoms with van der Waals surface area (Å²) in [6.45, 7) is 2.79. The van der Waals surface area contributed by atoms with E-state index >= 15 is 0 Å². The SMILES string of the molecule is CC/C=C\C/C=C\C/C=C\C/C=C\C/C=C\C/C=C\CCCCCCCCCCCCCCCCCCC(=O)NC(COC1OC(CO)C(OC2OC(CO)C(O)C(O)C2O)C(O)C1O)C(O)CCCCCCCCCCCCCCCCCCCCCCC. The Labute approximate surface area is 548 Å². The number of rotatable bonds is 61. The van der Waals surface area contributed by atoms with Crippen LogP contribution in [0.4, 0.5) is 0 Å². The number of unbranched alkanes of at least 4 members (excludes halogenated alkanes) is 36. The highest BCUT2D eigenvalue weighted by Crippen LogP contribution is 2.30. The first kappa shape index (κ1) is 83.5. The average Bonchev–Trinajstić information content (AvgIpc) is 1.28. The summed E-state index contributed by atoms with van der Waals surface area (Å²) in [5.41, 5.74) is 0. The maximum absolute atomic E-state index is 13.4. The minimum Gasteiger partial charge on any atom is -0.394 e. The third-order valence-electron chi connectivity index (χ3n) is 17.9. The Morgan fingerprint density at radius 1 is 0.411 bits per heavy atom. The second kappa shape index (κ2) is 60.1. The van der Waals surface area contributed by atoms with Gasteiger partial charge in [-0.25, -0.2) is 0 Å². The van der Waals surface area contributed by atoms with Crippen molar-refractivity contribution in [1.82, 2.24) is 5.32 Å². The molecule has 0 aromatic rings. The first-order chi connectivity index (χ1) is 44.1. The highest BCUT2D eigenvalue weighted by Gasteiger charge is 2.51. The molecule has 0 bridgehead atoms. The molecule has 2 heterocycles. The van der Waals surface area contributed by atoms with Gasteiger partial charge in [-0.3, -0.25) is 4.79 Å². The van der Waals surface area contributed by atoms with E-state index < -0.39 is 86.8 Å². The van der Waals surface area contributed by atoms with Crippen LogP contribution in [-0.2, 0) is 23.7 Å². The number of carbonyl (C=O) groups is 1. The van der Waals surface area contributed by atoms with E-state index in [1.807, 2.05) is 0 Å². The molecule has 2 aliphatic heterocycles. The van der Waals surface area contributed by atoms with Crippen LogP contribution in [0.15, 0.2) is 72.9 Å². The van der Waals surface area contributed by atoms with Crippen molar-refractivity contribution in [2.75, 3.05) is 19.8 Å². The first-order valence-corrected chi connectivity index (χ1v) is 37.2. The van der Waals surface area contributed by atoms with Crippen molar-refractivity contribution >= 4 is 5.91 Å². The summed E-state index contributed by atoms with van der Waals surface area (Å²) in [6.07, 6.45) is 64.9. The molecule has 0 aromatic carbocycles. The molecule has 2 fully saturated rings. The molecule has 0 radical (unpaired) electrons. The summed E-state index contributed by atoms with van der Waals surface area (Å²) >= 11 is 0. The molecule has 2 saturated heterocycles. The number of ether oxygens (including phenoxy) is 4. The first-order valence-electron chi connectivity index (χ1n) is 37.2. The molecule has 0 aromatic heterocycles. The maximum atomic E-state index is 13.4. The molecular formula is C76H137NO13. The summed E-state index contributed by atoms with van der Waals surface area (Å²) in [4.78, 5) is 13.4. The van der Waals surface area contributed by atoms with Crippen LogP contribution < -0.4 is 5.32 Å². The number of hydrogen-bond donors (Lipinski definition) is 9. The van der Waals surface area contributed by atoms with Crippen LogP contribution >= 0.6 is 0 Å². The molecule has 12 atom stereocenters. The molecule has 0 spiro atoms. The van der Waals surface area contributed by atoms with Crippen molar-refractivity contribution < 1.29 is 64.6 Å². The number of aliphatic hydroxyl groups excluding tert-OH is 8. The number of carbonyl (C=O) groups excluding carboxylic acids is 1. The van der Waals surface area contributed by atoms with Crippen molar-refractivity contribution in [3.05, 3.63) is 72.9 Å². The molecule has 524 valence electrons. The Balaban J connectivity index is 1.62. The van der Waals surface area contributed by atoms with Crippen LogP contribution in [0.25, 0.3) is 0 Å². The van der Waals surface area contributed by atoms with E-state index in [0.717, 1.165) is 89.9 Å². The number of allylic oxidation sites excluding steroid dienone is 12. The van der Waals surface area contributed by atoms with Crippen LogP contribution in [0, 0.1) is 0 Å². The van der Waals surface area contributed by atoms with Gasteiger partial charge in [0, 0.05) is 6.42 Å². The monoisotopic (exact) mass is 1270 g/mol. The van der Waals surface area contributed by atoms with E-state index in [0.29, 0.717) is 12.8 Å². The Bertz CT molecular complexity index is 1790. The van der Waals surface area contributed by atoms with Crippen LogP contribution in [0.2, 0.25) is 0 Å². The van der Waals surface area contributed by atoms with E-state index in [1.165, 1.54) is 193 Å². The summed E-state index contributed by atoms with van der Waals surface area (Å²) in [5, 5.41) is 87.7. The lowest BCUT2D eigenvalue weighted by molar-refractivity contribution is -0.359. The lowest BCUT2D eigenvalue weighted by Gasteiger charge is -2.46. The number of amides is 1. The second-order valence-corrected chi connectivity index (χ2v) is 26.0. The van der Waals surface area contributed by atoms with Crippen molar-refractivity contribution in [2.24, 2.45) is 0 Å². The molecule has 1 amide bonds. The van der Waals surface area contributed by atoms with E-state index in [2.05, 4.69) is 92.1 Å². The van der Waals surface area contributed by atoms with Gasteiger partial charge in [0.25, 0.3) is 0 Å². The summed E-state index contributed by atoms with van der Waals surface area (Å²) < 4.78 is 22.9. The van der Waals surface area contributed by atoms with Gasteiger partial charge in [0.15, 0.2) is 12.6 Å². The third kappa shape index (κ3) is 43.4. The molecule has 2 rings (SSSR count). The van der Waals surface area contributed by atoms with Crippen molar-refractivity contribution in [3.8, 4) is 0 Å². The summed E-state index contributed by atoms with van der Waals surface area (Å²) in [7, 11) is 0. The highest BCUT2D eigenvalue weighted by molar-refractivity contribution is 5.76. The molecule has 14 heteroatoms. The van der Waals surface area contributed by atoms with Crippen LogP contribution in [0.1, 0.15) is 309 Å². The Morgan fingerprint density at radius 3 is 1.18 bits per heavy atom. The third-order valence-corrected chi connectivity index (χ3v) is 17.9. The van der Waals surface area contributed by atoms with Gasteiger partial charge in [-0.05, 0) is 64.2 Å². The van der Waals surface area contributed by atoms with Crippen LogP contribution in [0.5, 0.6) is 0 Å². The van der Waals surface area contributed by atoms with Gasteiger partial charge in [0.05, 0.1) is 32.0 Å². The molecule has 9 N–H and O–H groups in total. The zero-order valence-electron chi connectivity index (χ0n) is 57.1. The predicted octanol–water partition coefficient (Wildman–Crippen LogP) is 15.8. The fourth-order valence-electron chi connectivity index (χ4n) is 12.1. The standard InChI is InChI=1S/C76H137NO13/c1-3-5-7-9-11-13-15-17-19-21-23-25-26-27-28-29-30-31-32-33-34-35-36-37-38-40-42-44-46-48-50-52-54-56-58-60-68(81)77-64(65(80)59-57-55-53-51-49-47-45-43-41-39-24-22-20-18-16-14-12-10-8-6-4-2)63-87-75-73(86)71(84)74(67(62-79)89-75)90-76-72(85)70(83)69(82)66(61-78)88-76/h5,7,11,13,17,19,23,25,27-28,30-31,64-67,69-76,78-80,82-86H,3-4,6,8-10,12,14-16,18,20-22,24,26,29,32-63H2,1-2H3,(H,77,81)/b7-5-,13-11-,19-17-,25-23-,28-27-,31-30-. The smallest absolute Gasteiger partial charge is 0.220 e.